The van der Waals surface area contributed by atoms with Crippen LogP contribution in [0.2, 0.25) is 0 Å². The predicted molar refractivity (Wildman–Crippen MR) is 62.4 cm³/mol. The van der Waals surface area contributed by atoms with Gasteiger partial charge in [0.2, 0.25) is 11.8 Å². The summed E-state index contributed by atoms with van der Waals surface area (Å²) >= 11 is 0. The van der Waals surface area contributed by atoms with Crippen LogP contribution in [0.1, 0.15) is 24.5 Å². The molecule has 4 nitrogen and oxygen atoms in total. The molecular weight excluding hydrogens is 273 g/mol. The number of nitriles is 1. The lowest BCUT2D eigenvalue weighted by atomic mass is 10.1. The highest BCUT2D eigenvalue weighted by molar-refractivity contribution is 6.20. The second kappa shape index (κ2) is 4.63. The van der Waals surface area contributed by atoms with Crippen LogP contribution in [0, 0.1) is 17.2 Å². The first-order chi connectivity index (χ1) is 9.25. The summed E-state index contributed by atoms with van der Waals surface area (Å²) in [4.78, 5) is 24.2. The van der Waals surface area contributed by atoms with Crippen LogP contribution >= 0.6 is 0 Å². The zero-order valence-electron chi connectivity index (χ0n) is 10.4. The minimum absolute atomic E-state index is 0.0276. The standard InChI is InChI=1S/C13H9F3N2O2/c1-7-4-11(19)18(12(7)20)9-3-2-8(6-17)10(5-9)13(14,15)16/h2-3,5,7H,4H2,1H3. The molecule has 1 atom stereocenters. The Hall–Kier alpha value is -2.36. The second-order valence-electron chi connectivity index (χ2n) is 4.51. The first kappa shape index (κ1) is 14.1. The summed E-state index contributed by atoms with van der Waals surface area (Å²) in [6.07, 6.45) is -4.75. The highest BCUT2D eigenvalue weighted by Gasteiger charge is 2.39. The van der Waals surface area contributed by atoms with Gasteiger partial charge in [0.1, 0.15) is 0 Å². The number of hydrogen-bond donors (Lipinski definition) is 0. The predicted octanol–water partition coefficient (Wildman–Crippen LogP) is 2.48. The SMILES string of the molecule is CC1CC(=O)N(c2ccc(C#N)c(C(F)(F)F)c2)C1=O. The number of alkyl halides is 3. The van der Waals surface area contributed by atoms with Crippen molar-refractivity contribution in [1.82, 2.24) is 0 Å². The van der Waals surface area contributed by atoms with Gasteiger partial charge >= 0.3 is 6.18 Å². The highest BCUT2D eigenvalue weighted by atomic mass is 19.4. The van der Waals surface area contributed by atoms with Crippen LogP contribution in [0.5, 0.6) is 0 Å². The summed E-state index contributed by atoms with van der Waals surface area (Å²) in [6.45, 7) is 1.54. The van der Waals surface area contributed by atoms with E-state index in [-0.39, 0.29) is 12.1 Å². The minimum Gasteiger partial charge on any atom is -0.274 e. The third-order valence-corrected chi connectivity index (χ3v) is 3.06. The van der Waals surface area contributed by atoms with E-state index in [1.54, 1.807) is 0 Å². The lowest BCUT2D eigenvalue weighted by Crippen LogP contribution is -2.30. The topological polar surface area (TPSA) is 61.2 Å². The summed E-state index contributed by atoms with van der Waals surface area (Å²) in [5.74, 6) is -1.62. The van der Waals surface area contributed by atoms with E-state index in [9.17, 15) is 22.8 Å². The van der Waals surface area contributed by atoms with E-state index in [0.29, 0.717) is 6.07 Å². The zero-order chi connectivity index (χ0) is 15.1. The van der Waals surface area contributed by atoms with E-state index < -0.39 is 35.0 Å². The average molecular weight is 282 g/mol. The second-order valence-corrected chi connectivity index (χ2v) is 4.51. The van der Waals surface area contributed by atoms with Gasteiger partial charge in [0, 0.05) is 12.3 Å². The third kappa shape index (κ3) is 2.25. The molecule has 0 aromatic heterocycles. The Balaban J connectivity index is 2.53. The van der Waals surface area contributed by atoms with Crippen molar-refractivity contribution >= 4 is 17.5 Å². The number of imide groups is 1. The first-order valence-electron chi connectivity index (χ1n) is 5.74. The quantitative estimate of drug-likeness (QED) is 0.743. The number of carbonyl (C=O) groups is 2. The molecule has 1 unspecified atom stereocenters. The summed E-state index contributed by atoms with van der Waals surface area (Å²) in [5.41, 5.74) is -1.86. The molecule has 104 valence electrons. The molecule has 20 heavy (non-hydrogen) atoms. The van der Waals surface area contributed by atoms with Gasteiger partial charge in [-0.05, 0) is 18.2 Å². The molecule has 0 bridgehead atoms. The number of benzene rings is 1. The Morgan fingerprint density at radius 3 is 2.45 bits per heavy atom. The number of anilines is 1. The van der Waals surface area contributed by atoms with Gasteiger partial charge in [-0.2, -0.15) is 18.4 Å². The maximum atomic E-state index is 12.8. The van der Waals surface area contributed by atoms with E-state index in [2.05, 4.69) is 0 Å². The Morgan fingerprint density at radius 2 is 2.00 bits per heavy atom. The lowest BCUT2D eigenvalue weighted by molar-refractivity contribution is -0.138. The molecule has 0 aliphatic carbocycles. The lowest BCUT2D eigenvalue weighted by Gasteiger charge is -2.17. The van der Waals surface area contributed by atoms with Crippen LogP contribution in [0.4, 0.5) is 18.9 Å². The van der Waals surface area contributed by atoms with E-state index in [1.807, 2.05) is 0 Å². The van der Waals surface area contributed by atoms with Crippen molar-refractivity contribution in [3.63, 3.8) is 0 Å². The van der Waals surface area contributed by atoms with Crippen molar-refractivity contribution in [2.75, 3.05) is 4.90 Å². The maximum absolute atomic E-state index is 12.8. The summed E-state index contributed by atoms with van der Waals surface area (Å²) in [5, 5.41) is 8.69. The van der Waals surface area contributed by atoms with Crippen LogP contribution in [0.15, 0.2) is 18.2 Å². The van der Waals surface area contributed by atoms with Crippen LogP contribution in [-0.4, -0.2) is 11.8 Å². The summed E-state index contributed by atoms with van der Waals surface area (Å²) in [7, 11) is 0. The monoisotopic (exact) mass is 282 g/mol. The fourth-order valence-corrected chi connectivity index (χ4v) is 2.06. The summed E-state index contributed by atoms with van der Waals surface area (Å²) < 4.78 is 38.5. The van der Waals surface area contributed by atoms with Gasteiger partial charge in [-0.1, -0.05) is 6.92 Å². The molecule has 0 saturated carbocycles. The fraction of sp³-hybridized carbons (Fsp3) is 0.308. The van der Waals surface area contributed by atoms with E-state index in [1.165, 1.54) is 19.1 Å². The van der Waals surface area contributed by atoms with Crippen molar-refractivity contribution in [2.24, 2.45) is 5.92 Å². The van der Waals surface area contributed by atoms with Crippen LogP contribution < -0.4 is 4.90 Å². The van der Waals surface area contributed by atoms with E-state index in [4.69, 9.17) is 5.26 Å². The van der Waals surface area contributed by atoms with Crippen molar-refractivity contribution in [3.8, 4) is 6.07 Å². The molecule has 1 fully saturated rings. The Bertz CT molecular complexity index is 631. The number of rotatable bonds is 1. The number of halogens is 3. The van der Waals surface area contributed by atoms with Gasteiger partial charge < -0.3 is 0 Å². The number of amides is 2. The normalized spacial score (nSPS) is 19.4. The first-order valence-corrected chi connectivity index (χ1v) is 5.74. The van der Waals surface area contributed by atoms with Crippen LogP contribution in [0.25, 0.3) is 0 Å². The third-order valence-electron chi connectivity index (χ3n) is 3.06. The fourth-order valence-electron chi connectivity index (χ4n) is 2.06. The largest absolute Gasteiger partial charge is 0.417 e. The molecule has 2 rings (SSSR count). The Morgan fingerprint density at radius 1 is 1.35 bits per heavy atom. The molecule has 1 aliphatic heterocycles. The van der Waals surface area contributed by atoms with Gasteiger partial charge in [0.05, 0.1) is 22.9 Å². The van der Waals surface area contributed by atoms with Gasteiger partial charge in [0.15, 0.2) is 0 Å². The van der Waals surface area contributed by atoms with E-state index in [0.717, 1.165) is 11.0 Å². The van der Waals surface area contributed by atoms with Gasteiger partial charge in [0.25, 0.3) is 0 Å². The van der Waals surface area contributed by atoms with Crippen molar-refractivity contribution < 1.29 is 22.8 Å². The van der Waals surface area contributed by atoms with Crippen LogP contribution in [0.3, 0.4) is 0 Å². The molecule has 7 heteroatoms. The zero-order valence-corrected chi connectivity index (χ0v) is 10.4. The van der Waals surface area contributed by atoms with Gasteiger partial charge in [-0.15, -0.1) is 0 Å². The number of hydrogen-bond acceptors (Lipinski definition) is 3. The average Bonchev–Trinajstić information content (AvgIpc) is 2.61. The minimum atomic E-state index is -4.72. The molecule has 1 saturated heterocycles. The van der Waals surface area contributed by atoms with Gasteiger partial charge in [-0.25, -0.2) is 0 Å². The molecule has 0 spiro atoms. The Kier molecular flexibility index (Phi) is 3.26. The van der Waals surface area contributed by atoms with Crippen molar-refractivity contribution in [2.45, 2.75) is 19.5 Å². The molecule has 0 radical (unpaired) electrons. The smallest absolute Gasteiger partial charge is 0.274 e. The van der Waals surface area contributed by atoms with Crippen molar-refractivity contribution in [1.29, 1.82) is 5.26 Å². The van der Waals surface area contributed by atoms with E-state index >= 15 is 0 Å². The molecule has 1 heterocycles. The maximum Gasteiger partial charge on any atom is 0.417 e. The highest BCUT2D eigenvalue weighted by Crippen LogP contribution is 2.36. The molecular formula is C13H9F3N2O2. The molecule has 1 aliphatic rings. The van der Waals surface area contributed by atoms with Gasteiger partial charge in [-0.3, -0.25) is 14.5 Å². The molecule has 1 aromatic rings. The van der Waals surface area contributed by atoms with Crippen LogP contribution in [-0.2, 0) is 15.8 Å². The van der Waals surface area contributed by atoms with Crippen molar-refractivity contribution in [3.05, 3.63) is 29.3 Å². The Labute approximate surface area is 112 Å². The molecule has 1 aromatic carbocycles. The molecule has 2 amide bonds. The molecule has 0 N–H and O–H groups in total. The number of carbonyl (C=O) groups excluding carboxylic acids is 2. The summed E-state index contributed by atoms with van der Waals surface area (Å²) in [6, 6.07) is 4.23. The number of nitrogens with zero attached hydrogens (tertiary/aromatic N) is 2.